The minimum atomic E-state index is -0.335. The molecule has 0 aliphatic carbocycles. The summed E-state index contributed by atoms with van der Waals surface area (Å²) < 4.78 is 4.95. The fraction of sp³-hybridized carbons (Fsp3) is 0.400. The van der Waals surface area contributed by atoms with Gasteiger partial charge in [-0.3, -0.25) is 4.79 Å². The van der Waals surface area contributed by atoms with E-state index in [-0.39, 0.29) is 11.9 Å². The Morgan fingerprint density at radius 1 is 1.47 bits per heavy atom. The normalized spacial score (nSPS) is 9.73. The zero-order valence-corrected chi connectivity index (χ0v) is 9.52. The number of esters is 1. The number of rotatable bonds is 4. The predicted molar refractivity (Wildman–Crippen MR) is 59.2 cm³/mol. The summed E-state index contributed by atoms with van der Waals surface area (Å²) in [6.45, 7) is 3.78. The molecule has 0 spiro atoms. The Balaban J connectivity index is 2.59. The van der Waals surface area contributed by atoms with Crippen molar-refractivity contribution < 1.29 is 14.3 Å². The van der Waals surface area contributed by atoms with E-state index < -0.39 is 0 Å². The van der Waals surface area contributed by atoms with Crippen LogP contribution in [-0.2, 0) is 9.53 Å². The van der Waals surface area contributed by atoms with Crippen LogP contribution in [0.2, 0.25) is 0 Å². The van der Waals surface area contributed by atoms with E-state index in [4.69, 9.17) is 4.74 Å². The lowest BCUT2D eigenvalue weighted by atomic mass is 10.4. The molecule has 0 saturated carbocycles. The smallest absolute Gasteiger partial charge is 0.348 e. The number of hydrogen-bond donors (Lipinski definition) is 1. The minimum Gasteiger partial charge on any atom is -0.462 e. The molecule has 0 radical (unpaired) electrons. The van der Waals surface area contributed by atoms with E-state index in [1.165, 1.54) is 18.3 Å². The largest absolute Gasteiger partial charge is 0.462 e. The van der Waals surface area contributed by atoms with Crippen molar-refractivity contribution in [1.29, 1.82) is 0 Å². The van der Waals surface area contributed by atoms with Crippen LogP contribution in [0.5, 0.6) is 0 Å². The molecule has 82 valence electrons. The Hall–Kier alpha value is -1.36. The van der Waals surface area contributed by atoms with E-state index >= 15 is 0 Å². The Labute approximate surface area is 92.2 Å². The van der Waals surface area contributed by atoms with Crippen molar-refractivity contribution in [2.45, 2.75) is 20.3 Å². The second kappa shape index (κ2) is 5.50. The number of carbonyl (C=O) groups is 2. The molecule has 1 rings (SSSR count). The lowest BCUT2D eigenvalue weighted by Crippen LogP contribution is -2.04. The summed E-state index contributed by atoms with van der Waals surface area (Å²) in [5.74, 6) is -0.483. The highest BCUT2D eigenvalue weighted by Gasteiger charge is 2.10. The van der Waals surface area contributed by atoms with Crippen LogP contribution in [0.15, 0.2) is 12.1 Å². The van der Waals surface area contributed by atoms with Gasteiger partial charge in [-0.15, -0.1) is 11.3 Å². The van der Waals surface area contributed by atoms with Gasteiger partial charge in [0.1, 0.15) is 4.88 Å². The molecule has 0 atom stereocenters. The molecule has 0 bridgehead atoms. The summed E-state index contributed by atoms with van der Waals surface area (Å²) >= 11 is 1.21. The second-order valence-corrected chi connectivity index (χ2v) is 4.06. The van der Waals surface area contributed by atoms with Crippen molar-refractivity contribution in [3.05, 3.63) is 17.0 Å². The van der Waals surface area contributed by atoms with Gasteiger partial charge in [0.25, 0.3) is 0 Å². The van der Waals surface area contributed by atoms with Crippen molar-refractivity contribution in [2.75, 3.05) is 11.9 Å². The SMILES string of the molecule is CCCOC(=O)c1ccc(NC(C)=O)s1. The highest BCUT2D eigenvalue weighted by molar-refractivity contribution is 7.18. The molecule has 0 saturated heterocycles. The van der Waals surface area contributed by atoms with E-state index in [0.717, 1.165) is 6.42 Å². The third-order valence-corrected chi connectivity index (χ3v) is 2.52. The van der Waals surface area contributed by atoms with E-state index in [1.807, 2.05) is 6.92 Å². The van der Waals surface area contributed by atoms with Gasteiger partial charge in [-0.1, -0.05) is 6.92 Å². The Bertz CT molecular complexity index is 359. The highest BCUT2D eigenvalue weighted by atomic mass is 32.1. The Kier molecular flexibility index (Phi) is 4.30. The third kappa shape index (κ3) is 3.71. The molecule has 1 amide bonds. The Morgan fingerprint density at radius 3 is 2.80 bits per heavy atom. The first-order valence-corrected chi connectivity index (χ1v) is 5.49. The highest BCUT2D eigenvalue weighted by Crippen LogP contribution is 2.22. The van der Waals surface area contributed by atoms with Gasteiger partial charge in [-0.25, -0.2) is 4.79 Å². The van der Waals surface area contributed by atoms with Crippen molar-refractivity contribution in [3.63, 3.8) is 0 Å². The van der Waals surface area contributed by atoms with Crippen LogP contribution >= 0.6 is 11.3 Å². The molecule has 0 fully saturated rings. The molecular weight excluding hydrogens is 214 g/mol. The van der Waals surface area contributed by atoms with Gasteiger partial charge in [-0.05, 0) is 18.6 Å². The molecule has 0 aliphatic heterocycles. The van der Waals surface area contributed by atoms with Crippen LogP contribution in [0.25, 0.3) is 0 Å². The number of amides is 1. The van der Waals surface area contributed by atoms with Gasteiger partial charge in [0.2, 0.25) is 5.91 Å². The fourth-order valence-electron chi connectivity index (χ4n) is 0.954. The summed E-state index contributed by atoms with van der Waals surface area (Å²) in [4.78, 5) is 22.6. The molecule has 15 heavy (non-hydrogen) atoms. The van der Waals surface area contributed by atoms with Gasteiger partial charge in [-0.2, -0.15) is 0 Å². The molecule has 1 N–H and O–H groups in total. The van der Waals surface area contributed by atoms with Crippen LogP contribution in [-0.4, -0.2) is 18.5 Å². The Morgan fingerprint density at radius 2 is 2.20 bits per heavy atom. The zero-order valence-electron chi connectivity index (χ0n) is 8.70. The van der Waals surface area contributed by atoms with Gasteiger partial charge in [0.15, 0.2) is 0 Å². The van der Waals surface area contributed by atoms with Crippen molar-refractivity contribution >= 4 is 28.2 Å². The molecule has 1 aromatic heterocycles. The lowest BCUT2D eigenvalue weighted by Gasteiger charge is -1.99. The maximum atomic E-state index is 11.4. The molecule has 0 unspecified atom stereocenters. The molecule has 5 heteroatoms. The van der Waals surface area contributed by atoms with Crippen LogP contribution < -0.4 is 5.32 Å². The van der Waals surface area contributed by atoms with Gasteiger partial charge in [0, 0.05) is 6.92 Å². The lowest BCUT2D eigenvalue weighted by molar-refractivity contribution is -0.114. The third-order valence-electron chi connectivity index (χ3n) is 1.54. The first-order chi connectivity index (χ1) is 7.13. The van der Waals surface area contributed by atoms with E-state index in [9.17, 15) is 9.59 Å². The number of ether oxygens (including phenoxy) is 1. The number of nitrogens with one attached hydrogen (secondary N) is 1. The summed E-state index contributed by atoms with van der Waals surface area (Å²) in [6, 6.07) is 3.34. The van der Waals surface area contributed by atoms with Crippen LogP contribution in [0.4, 0.5) is 5.00 Å². The van der Waals surface area contributed by atoms with Crippen LogP contribution in [0.3, 0.4) is 0 Å². The van der Waals surface area contributed by atoms with Crippen molar-refractivity contribution in [3.8, 4) is 0 Å². The average Bonchev–Trinajstić information content (AvgIpc) is 2.61. The number of thiophene rings is 1. The topological polar surface area (TPSA) is 55.4 Å². The molecule has 1 heterocycles. The van der Waals surface area contributed by atoms with Gasteiger partial charge in [0.05, 0.1) is 11.6 Å². The fourth-order valence-corrected chi connectivity index (χ4v) is 1.80. The second-order valence-electron chi connectivity index (χ2n) is 2.98. The quantitative estimate of drug-likeness (QED) is 0.803. The van der Waals surface area contributed by atoms with E-state index in [0.29, 0.717) is 16.5 Å². The van der Waals surface area contributed by atoms with Crippen molar-refractivity contribution in [1.82, 2.24) is 0 Å². The van der Waals surface area contributed by atoms with Crippen LogP contribution in [0, 0.1) is 0 Å². The standard InChI is InChI=1S/C10H13NO3S/c1-3-6-14-10(13)8-4-5-9(15-8)11-7(2)12/h4-5H,3,6H2,1-2H3,(H,11,12). The number of hydrogen-bond acceptors (Lipinski definition) is 4. The van der Waals surface area contributed by atoms with Gasteiger partial charge < -0.3 is 10.1 Å². The molecular formula is C10H13NO3S. The maximum Gasteiger partial charge on any atom is 0.348 e. The minimum absolute atomic E-state index is 0.148. The van der Waals surface area contributed by atoms with E-state index in [1.54, 1.807) is 12.1 Å². The van der Waals surface area contributed by atoms with Crippen molar-refractivity contribution in [2.24, 2.45) is 0 Å². The molecule has 4 nitrogen and oxygen atoms in total. The predicted octanol–water partition coefficient (Wildman–Crippen LogP) is 2.27. The number of carbonyl (C=O) groups excluding carboxylic acids is 2. The summed E-state index contributed by atoms with van der Waals surface area (Å²) in [6.07, 6.45) is 0.801. The first-order valence-electron chi connectivity index (χ1n) is 4.68. The first kappa shape index (κ1) is 11.7. The number of anilines is 1. The zero-order chi connectivity index (χ0) is 11.3. The molecule has 1 aromatic rings. The van der Waals surface area contributed by atoms with Crippen LogP contribution in [0.1, 0.15) is 29.9 Å². The summed E-state index contributed by atoms with van der Waals surface area (Å²) in [5.41, 5.74) is 0. The monoisotopic (exact) mass is 227 g/mol. The maximum absolute atomic E-state index is 11.4. The average molecular weight is 227 g/mol. The summed E-state index contributed by atoms with van der Waals surface area (Å²) in [7, 11) is 0. The molecule has 0 aliphatic rings. The van der Waals surface area contributed by atoms with Gasteiger partial charge >= 0.3 is 5.97 Å². The molecule has 0 aromatic carbocycles. The summed E-state index contributed by atoms with van der Waals surface area (Å²) in [5, 5.41) is 3.27. The van der Waals surface area contributed by atoms with E-state index in [2.05, 4.69) is 5.32 Å².